The van der Waals surface area contributed by atoms with E-state index in [0.29, 0.717) is 10.6 Å². The second kappa shape index (κ2) is 6.77. The number of hydrogen-bond acceptors (Lipinski definition) is 7. The summed E-state index contributed by atoms with van der Waals surface area (Å²) >= 11 is 4.70. The molecule has 0 radical (unpaired) electrons. The Morgan fingerprint density at radius 1 is 1.32 bits per heavy atom. The maximum absolute atomic E-state index is 12.0. The van der Waals surface area contributed by atoms with Crippen molar-refractivity contribution >= 4 is 37.1 Å². The van der Waals surface area contributed by atoms with Gasteiger partial charge in [0.25, 0.3) is 5.89 Å². The molecule has 1 aromatic carbocycles. The van der Waals surface area contributed by atoms with E-state index in [9.17, 15) is 13.2 Å². The maximum atomic E-state index is 12.0. The summed E-state index contributed by atoms with van der Waals surface area (Å²) in [6.45, 7) is 0.168. The van der Waals surface area contributed by atoms with E-state index >= 15 is 0 Å². The van der Waals surface area contributed by atoms with Gasteiger partial charge in [-0.05, 0) is 33.6 Å². The van der Waals surface area contributed by atoms with Crippen LogP contribution in [0.5, 0.6) is 5.75 Å². The Morgan fingerprint density at radius 2 is 2.00 bits per heavy atom. The molecule has 7 nitrogen and oxygen atoms in total. The molecule has 0 atom stereocenters. The number of halogens is 1. The Labute approximate surface area is 155 Å². The van der Waals surface area contributed by atoms with E-state index in [1.807, 2.05) is 5.38 Å². The summed E-state index contributed by atoms with van der Waals surface area (Å²) in [6, 6.07) is 6.27. The van der Waals surface area contributed by atoms with Crippen molar-refractivity contribution in [2.75, 3.05) is 13.4 Å². The summed E-state index contributed by atoms with van der Waals surface area (Å²) in [7, 11) is -1.73. The zero-order valence-corrected chi connectivity index (χ0v) is 16.4. The lowest BCUT2D eigenvalue weighted by atomic mass is 10.2. The smallest absolute Gasteiger partial charge is 0.437 e. The molecule has 0 aliphatic heterocycles. The van der Waals surface area contributed by atoms with E-state index in [1.165, 1.54) is 35.3 Å². The van der Waals surface area contributed by atoms with Crippen molar-refractivity contribution in [2.24, 2.45) is 0 Å². The molecule has 0 fully saturated rings. The van der Waals surface area contributed by atoms with Crippen LogP contribution in [0.3, 0.4) is 0 Å². The fourth-order valence-electron chi connectivity index (χ4n) is 2.18. The number of hydrogen-bond donors (Lipinski definition) is 0. The number of aromatic nitrogens is 2. The van der Waals surface area contributed by atoms with Crippen LogP contribution >= 0.6 is 27.3 Å². The zero-order valence-electron chi connectivity index (χ0n) is 13.2. The SMILES string of the molecule is COc1c(Br)csc1-c1nn(Cc2ccc(S(C)(=O)=O)cc2)c(=O)o1. The summed E-state index contributed by atoms with van der Waals surface area (Å²) in [6.07, 6.45) is 1.14. The van der Waals surface area contributed by atoms with Gasteiger partial charge < -0.3 is 9.15 Å². The number of sulfone groups is 1. The number of benzene rings is 1. The maximum Gasteiger partial charge on any atom is 0.437 e. The monoisotopic (exact) mass is 444 g/mol. The molecule has 0 spiro atoms. The van der Waals surface area contributed by atoms with Gasteiger partial charge in [-0.15, -0.1) is 16.4 Å². The van der Waals surface area contributed by atoms with Crippen molar-refractivity contribution in [3.63, 3.8) is 0 Å². The molecule has 0 saturated heterocycles. The molecular weight excluding hydrogens is 432 g/mol. The lowest BCUT2D eigenvalue weighted by molar-refractivity contribution is 0.413. The Hall–Kier alpha value is -1.91. The first-order valence-electron chi connectivity index (χ1n) is 6.98. The number of nitrogens with zero attached hydrogens (tertiary/aromatic N) is 2. The molecule has 3 aromatic rings. The summed E-state index contributed by atoms with van der Waals surface area (Å²) in [5, 5.41) is 6.01. The molecule has 0 amide bonds. The van der Waals surface area contributed by atoms with Gasteiger partial charge in [0.2, 0.25) is 0 Å². The molecule has 0 unspecified atom stereocenters. The topological polar surface area (TPSA) is 91.4 Å². The predicted molar refractivity (Wildman–Crippen MR) is 97.0 cm³/mol. The second-order valence-electron chi connectivity index (χ2n) is 5.19. The van der Waals surface area contributed by atoms with Crippen LogP contribution in [0.1, 0.15) is 5.56 Å². The van der Waals surface area contributed by atoms with E-state index in [2.05, 4.69) is 21.0 Å². The minimum absolute atomic E-state index is 0.168. The third-order valence-corrected chi connectivity index (χ3v) is 6.36. The van der Waals surface area contributed by atoms with Crippen LogP contribution in [0.15, 0.2) is 48.2 Å². The first-order valence-corrected chi connectivity index (χ1v) is 10.5. The molecule has 3 rings (SSSR count). The fraction of sp³-hybridized carbons (Fsp3) is 0.200. The predicted octanol–water partition coefficient (Wildman–Crippen LogP) is 2.79. The minimum atomic E-state index is -3.26. The molecule has 2 aromatic heterocycles. The van der Waals surface area contributed by atoms with Crippen molar-refractivity contribution < 1.29 is 17.6 Å². The highest BCUT2D eigenvalue weighted by Crippen LogP contribution is 2.40. The quantitative estimate of drug-likeness (QED) is 0.600. The lowest BCUT2D eigenvalue weighted by Gasteiger charge is -2.02. The standard InChI is InChI=1S/C15H13BrN2O5S2/c1-22-12-11(16)8-24-13(12)14-17-18(15(19)23-14)7-9-3-5-10(6-4-9)25(2,20)21/h3-6,8H,7H2,1-2H3. The minimum Gasteiger partial charge on any atom is -0.494 e. The summed E-state index contributed by atoms with van der Waals surface area (Å²) in [5.74, 6) is 0.120. The molecule has 132 valence electrons. The van der Waals surface area contributed by atoms with E-state index < -0.39 is 15.6 Å². The highest BCUT2D eigenvalue weighted by atomic mass is 79.9. The first kappa shape index (κ1) is 17.9. The summed E-state index contributed by atoms with van der Waals surface area (Å²) < 4.78 is 35.4. The van der Waals surface area contributed by atoms with Gasteiger partial charge in [0, 0.05) is 11.6 Å². The largest absolute Gasteiger partial charge is 0.494 e. The van der Waals surface area contributed by atoms with Gasteiger partial charge in [-0.1, -0.05) is 12.1 Å². The molecule has 0 saturated carbocycles. The van der Waals surface area contributed by atoms with Gasteiger partial charge in [0.1, 0.15) is 4.88 Å². The Balaban J connectivity index is 1.90. The van der Waals surface area contributed by atoms with E-state index in [0.717, 1.165) is 16.3 Å². The second-order valence-corrected chi connectivity index (χ2v) is 8.94. The van der Waals surface area contributed by atoms with Gasteiger partial charge in [-0.3, -0.25) is 0 Å². The summed E-state index contributed by atoms with van der Waals surface area (Å²) in [5.41, 5.74) is 0.730. The molecule has 2 heterocycles. The average Bonchev–Trinajstić information content (AvgIpc) is 3.10. The van der Waals surface area contributed by atoms with Crippen molar-refractivity contribution in [1.82, 2.24) is 9.78 Å². The molecule has 0 aliphatic rings. The van der Waals surface area contributed by atoms with E-state index in [4.69, 9.17) is 9.15 Å². The normalized spacial score (nSPS) is 11.6. The molecule has 10 heteroatoms. The number of rotatable bonds is 5. The van der Waals surface area contributed by atoms with Crippen LogP contribution in [-0.2, 0) is 16.4 Å². The van der Waals surface area contributed by atoms with Gasteiger partial charge in [0.15, 0.2) is 15.6 Å². The van der Waals surface area contributed by atoms with E-state index in [-0.39, 0.29) is 17.3 Å². The third kappa shape index (κ3) is 3.70. The van der Waals surface area contributed by atoms with Crippen LogP contribution in [0.4, 0.5) is 0 Å². The molecular formula is C15H13BrN2O5S2. The Bertz CT molecular complexity index is 1060. The number of ether oxygens (including phenoxy) is 1. The average molecular weight is 445 g/mol. The van der Waals surface area contributed by atoms with Gasteiger partial charge >= 0.3 is 5.76 Å². The van der Waals surface area contributed by atoms with Crippen molar-refractivity contribution in [3.05, 3.63) is 50.2 Å². The molecule has 25 heavy (non-hydrogen) atoms. The van der Waals surface area contributed by atoms with Gasteiger partial charge in [-0.2, -0.15) is 4.68 Å². The molecule has 0 N–H and O–H groups in total. The highest BCUT2D eigenvalue weighted by Gasteiger charge is 2.19. The van der Waals surface area contributed by atoms with Crippen LogP contribution in [0, 0.1) is 0 Å². The Morgan fingerprint density at radius 3 is 2.60 bits per heavy atom. The van der Waals surface area contributed by atoms with Crippen LogP contribution in [-0.4, -0.2) is 31.6 Å². The molecule has 0 bridgehead atoms. The van der Waals surface area contributed by atoms with Crippen molar-refractivity contribution in [3.8, 4) is 16.5 Å². The third-order valence-electron chi connectivity index (χ3n) is 3.39. The lowest BCUT2D eigenvalue weighted by Crippen LogP contribution is -2.16. The molecule has 0 aliphatic carbocycles. The highest BCUT2D eigenvalue weighted by molar-refractivity contribution is 9.10. The van der Waals surface area contributed by atoms with Gasteiger partial charge in [-0.25, -0.2) is 13.2 Å². The zero-order chi connectivity index (χ0) is 18.2. The van der Waals surface area contributed by atoms with E-state index in [1.54, 1.807) is 12.1 Å². The van der Waals surface area contributed by atoms with Crippen LogP contribution < -0.4 is 10.5 Å². The Kier molecular flexibility index (Phi) is 4.85. The van der Waals surface area contributed by atoms with Crippen molar-refractivity contribution in [1.29, 1.82) is 0 Å². The van der Waals surface area contributed by atoms with Gasteiger partial charge in [0.05, 0.1) is 23.0 Å². The first-order chi connectivity index (χ1) is 11.8. The number of thiophene rings is 1. The van der Waals surface area contributed by atoms with Crippen LogP contribution in [0.2, 0.25) is 0 Å². The number of methoxy groups -OCH3 is 1. The summed E-state index contributed by atoms with van der Waals surface area (Å²) in [4.78, 5) is 12.9. The van der Waals surface area contributed by atoms with Crippen molar-refractivity contribution in [2.45, 2.75) is 11.4 Å². The fourth-order valence-corrected chi connectivity index (χ4v) is 4.39. The van der Waals surface area contributed by atoms with Crippen LogP contribution in [0.25, 0.3) is 10.8 Å².